The van der Waals surface area contributed by atoms with Crippen LogP contribution in [0.5, 0.6) is 0 Å². The van der Waals surface area contributed by atoms with Crippen LogP contribution in [0.3, 0.4) is 0 Å². The maximum atomic E-state index is 11.9. The third-order valence-corrected chi connectivity index (χ3v) is 3.02. The number of ether oxygens (including phenoxy) is 1. The van der Waals surface area contributed by atoms with Crippen LogP contribution in [0, 0.1) is 0 Å². The van der Waals surface area contributed by atoms with Crippen LogP contribution in [0.4, 0.5) is 18.9 Å². The zero-order chi connectivity index (χ0) is 15.3. The molecule has 114 valence electrons. The Bertz CT molecular complexity index is 607. The van der Waals surface area contributed by atoms with Crippen molar-refractivity contribution in [3.05, 3.63) is 29.0 Å². The van der Waals surface area contributed by atoms with Crippen molar-refractivity contribution in [3.63, 3.8) is 0 Å². The van der Waals surface area contributed by atoms with Crippen LogP contribution in [-0.4, -0.2) is 35.9 Å². The lowest BCUT2D eigenvalue weighted by Gasteiger charge is -2.10. The molecular weight excluding hydrogens is 351 g/mol. The molecular formula is C13H13BrF3N3O. The average Bonchev–Trinajstić information content (AvgIpc) is 2.41. The molecule has 0 aliphatic heterocycles. The fourth-order valence-corrected chi connectivity index (χ4v) is 2.05. The first-order chi connectivity index (χ1) is 9.96. The lowest BCUT2D eigenvalue weighted by Crippen LogP contribution is -2.18. The molecule has 2 aromatic rings. The Kier molecular flexibility index (Phi) is 5.35. The second-order valence-corrected chi connectivity index (χ2v) is 5.24. The van der Waals surface area contributed by atoms with E-state index in [0.29, 0.717) is 13.0 Å². The average molecular weight is 364 g/mol. The summed E-state index contributed by atoms with van der Waals surface area (Å²) >= 11 is 3.32. The zero-order valence-corrected chi connectivity index (χ0v) is 12.5. The molecule has 0 aliphatic rings. The van der Waals surface area contributed by atoms with Crippen molar-refractivity contribution >= 4 is 32.7 Å². The Morgan fingerprint density at radius 1 is 1.29 bits per heavy atom. The monoisotopic (exact) mass is 363 g/mol. The predicted molar refractivity (Wildman–Crippen MR) is 77.2 cm³/mol. The van der Waals surface area contributed by atoms with E-state index in [-0.39, 0.29) is 6.61 Å². The molecule has 2 aromatic heterocycles. The van der Waals surface area contributed by atoms with E-state index in [9.17, 15) is 13.2 Å². The molecule has 0 aliphatic carbocycles. The largest absolute Gasteiger partial charge is 0.411 e. The van der Waals surface area contributed by atoms with Gasteiger partial charge < -0.3 is 10.1 Å². The maximum absolute atomic E-state index is 11.9. The number of rotatable bonds is 6. The van der Waals surface area contributed by atoms with Gasteiger partial charge in [-0.3, -0.25) is 9.97 Å². The quantitative estimate of drug-likeness (QED) is 0.793. The smallest absolute Gasteiger partial charge is 0.383 e. The van der Waals surface area contributed by atoms with Crippen LogP contribution in [0.1, 0.15) is 6.42 Å². The summed E-state index contributed by atoms with van der Waals surface area (Å²) in [7, 11) is 0. The predicted octanol–water partition coefficient (Wildman–Crippen LogP) is 3.77. The van der Waals surface area contributed by atoms with Gasteiger partial charge in [0.1, 0.15) is 12.1 Å². The van der Waals surface area contributed by atoms with Crippen molar-refractivity contribution in [1.82, 2.24) is 9.97 Å². The summed E-state index contributed by atoms with van der Waals surface area (Å²) in [4.78, 5) is 8.48. The third-order valence-electron chi connectivity index (χ3n) is 2.59. The fraction of sp³-hybridized carbons (Fsp3) is 0.385. The number of anilines is 1. The van der Waals surface area contributed by atoms with E-state index in [4.69, 9.17) is 0 Å². The molecule has 0 fully saturated rings. The second kappa shape index (κ2) is 7.04. The van der Waals surface area contributed by atoms with Gasteiger partial charge in [-0.1, -0.05) is 0 Å². The van der Waals surface area contributed by atoms with Crippen LogP contribution in [0.15, 0.2) is 29.0 Å². The Balaban J connectivity index is 1.84. The molecule has 1 N–H and O–H groups in total. The van der Waals surface area contributed by atoms with E-state index in [1.165, 1.54) is 0 Å². The van der Waals surface area contributed by atoms with Gasteiger partial charge in [-0.2, -0.15) is 13.2 Å². The number of aromatic nitrogens is 2. The minimum Gasteiger partial charge on any atom is -0.383 e. The van der Waals surface area contributed by atoms with Crippen molar-refractivity contribution < 1.29 is 17.9 Å². The highest BCUT2D eigenvalue weighted by Gasteiger charge is 2.27. The maximum Gasteiger partial charge on any atom is 0.411 e. The summed E-state index contributed by atoms with van der Waals surface area (Å²) in [5.41, 5.74) is 2.25. The van der Waals surface area contributed by atoms with Crippen molar-refractivity contribution in [2.75, 3.05) is 25.1 Å². The van der Waals surface area contributed by atoms with Gasteiger partial charge in [-0.25, -0.2) is 0 Å². The summed E-state index contributed by atoms with van der Waals surface area (Å²) in [5.74, 6) is 0. The molecule has 0 amide bonds. The summed E-state index contributed by atoms with van der Waals surface area (Å²) in [6.07, 6.45) is -0.483. The molecule has 8 heteroatoms. The minimum absolute atomic E-state index is 0.0501. The van der Waals surface area contributed by atoms with Gasteiger partial charge in [0, 0.05) is 30.0 Å². The van der Waals surface area contributed by atoms with Gasteiger partial charge in [0.05, 0.1) is 11.2 Å². The van der Waals surface area contributed by atoms with Crippen LogP contribution in [0.2, 0.25) is 0 Å². The highest BCUT2D eigenvalue weighted by atomic mass is 79.9. The first kappa shape index (κ1) is 16.0. The highest BCUT2D eigenvalue weighted by Crippen LogP contribution is 2.21. The SMILES string of the molecule is FC(F)(F)COCCCNc1ccnc2cc(Br)cnc12. The molecule has 21 heavy (non-hydrogen) atoms. The van der Waals surface area contributed by atoms with Crippen molar-refractivity contribution in [1.29, 1.82) is 0 Å². The van der Waals surface area contributed by atoms with Crippen LogP contribution in [0.25, 0.3) is 11.0 Å². The van der Waals surface area contributed by atoms with Crippen molar-refractivity contribution in [3.8, 4) is 0 Å². The molecule has 2 rings (SSSR count). The number of nitrogens with zero attached hydrogens (tertiary/aromatic N) is 2. The lowest BCUT2D eigenvalue weighted by atomic mass is 10.3. The molecule has 0 bridgehead atoms. The Labute approximate surface area is 127 Å². The topological polar surface area (TPSA) is 47.0 Å². The molecule has 2 heterocycles. The molecule has 0 saturated carbocycles. The number of nitrogens with one attached hydrogen (secondary N) is 1. The highest BCUT2D eigenvalue weighted by molar-refractivity contribution is 9.10. The number of pyridine rings is 2. The van der Waals surface area contributed by atoms with Gasteiger partial charge in [-0.05, 0) is 34.5 Å². The fourth-order valence-electron chi connectivity index (χ4n) is 1.73. The van der Waals surface area contributed by atoms with Crippen LogP contribution >= 0.6 is 15.9 Å². The Morgan fingerprint density at radius 2 is 2.10 bits per heavy atom. The molecule has 0 aromatic carbocycles. The number of hydrogen-bond donors (Lipinski definition) is 1. The zero-order valence-electron chi connectivity index (χ0n) is 11.0. The molecule has 4 nitrogen and oxygen atoms in total. The lowest BCUT2D eigenvalue weighted by molar-refractivity contribution is -0.173. The summed E-state index contributed by atoms with van der Waals surface area (Å²) in [6, 6.07) is 3.62. The van der Waals surface area contributed by atoms with E-state index in [1.54, 1.807) is 18.5 Å². The second-order valence-electron chi connectivity index (χ2n) is 4.33. The van der Waals surface area contributed by atoms with Gasteiger partial charge in [0.25, 0.3) is 0 Å². The van der Waals surface area contributed by atoms with E-state index < -0.39 is 12.8 Å². The first-order valence-corrected chi connectivity index (χ1v) is 7.04. The summed E-state index contributed by atoms with van der Waals surface area (Å²) < 4.78 is 41.0. The molecule has 0 unspecified atom stereocenters. The number of alkyl halides is 3. The van der Waals surface area contributed by atoms with Crippen LogP contribution in [-0.2, 0) is 4.74 Å². The summed E-state index contributed by atoms with van der Waals surface area (Å²) in [5, 5.41) is 3.13. The number of fused-ring (bicyclic) bond motifs is 1. The third kappa shape index (κ3) is 5.13. The number of halogens is 4. The first-order valence-electron chi connectivity index (χ1n) is 6.24. The Morgan fingerprint density at radius 3 is 2.86 bits per heavy atom. The summed E-state index contributed by atoms with van der Waals surface area (Å²) in [6.45, 7) is -0.663. The van der Waals surface area contributed by atoms with Gasteiger partial charge in [0.2, 0.25) is 0 Å². The molecule has 0 atom stereocenters. The van der Waals surface area contributed by atoms with E-state index in [0.717, 1.165) is 21.2 Å². The molecule has 0 radical (unpaired) electrons. The van der Waals surface area contributed by atoms with Gasteiger partial charge in [0.15, 0.2) is 0 Å². The van der Waals surface area contributed by atoms with E-state index in [1.807, 2.05) is 6.07 Å². The van der Waals surface area contributed by atoms with Crippen molar-refractivity contribution in [2.45, 2.75) is 12.6 Å². The van der Waals surface area contributed by atoms with Crippen molar-refractivity contribution in [2.24, 2.45) is 0 Å². The van der Waals surface area contributed by atoms with Gasteiger partial charge >= 0.3 is 6.18 Å². The Hall–Kier alpha value is -1.41. The number of hydrogen-bond acceptors (Lipinski definition) is 4. The molecule has 0 saturated heterocycles. The minimum atomic E-state index is -4.27. The normalized spacial score (nSPS) is 11.8. The van der Waals surface area contributed by atoms with E-state index in [2.05, 4.69) is 36.0 Å². The molecule has 0 spiro atoms. The van der Waals surface area contributed by atoms with Gasteiger partial charge in [-0.15, -0.1) is 0 Å². The van der Waals surface area contributed by atoms with E-state index >= 15 is 0 Å². The van der Waals surface area contributed by atoms with Crippen LogP contribution < -0.4 is 5.32 Å². The standard InChI is InChI=1S/C13H13BrF3N3O/c14-9-6-11-12(20-7-9)10(2-4-19-11)18-3-1-5-21-8-13(15,16)17/h2,4,6-7H,1,3,5,8H2,(H,18,19).